The van der Waals surface area contributed by atoms with Crippen molar-refractivity contribution in [1.29, 1.82) is 0 Å². The predicted octanol–water partition coefficient (Wildman–Crippen LogP) is 4.90. The lowest BCUT2D eigenvalue weighted by molar-refractivity contribution is 0.122. The van der Waals surface area contributed by atoms with Crippen molar-refractivity contribution in [2.45, 2.75) is 0 Å². The zero-order valence-electron chi connectivity index (χ0n) is 44.8. The molecule has 0 bridgehead atoms. The fraction of sp³-hybridized carbons (Fsp3) is 0.240. The maximum Gasteiger partial charge on any atom is 0.261 e. The number of fused-ring (bicyclic) bond motifs is 4. The minimum Gasteiger partial charge on any atom is -0.412 e. The first-order valence-electron chi connectivity index (χ1n) is 24.3. The maximum absolute atomic E-state index is 9.19. The van der Waals surface area contributed by atoms with E-state index in [4.69, 9.17) is 37.7 Å². The van der Waals surface area contributed by atoms with E-state index in [9.17, 15) is 33.7 Å². The highest BCUT2D eigenvalue weighted by Gasteiger charge is 2.16. The van der Waals surface area contributed by atoms with Crippen LogP contribution >= 0.6 is 0 Å². The Kier molecular flexibility index (Phi) is 21.7. The summed E-state index contributed by atoms with van der Waals surface area (Å²) in [7, 11) is -14.7. The molecule has 0 atom stereocenters. The van der Waals surface area contributed by atoms with Gasteiger partial charge in [-0.05, 0) is 60.7 Å². The third-order valence-corrected chi connectivity index (χ3v) is 11.2. The van der Waals surface area contributed by atoms with Gasteiger partial charge in [0, 0.05) is 108 Å². The van der Waals surface area contributed by atoms with E-state index < -0.39 is 40.5 Å². The summed E-state index contributed by atoms with van der Waals surface area (Å²) in [5.41, 5.74) is 11.6. The van der Waals surface area contributed by atoms with Crippen LogP contribution in [0, 0.1) is 0 Å². The number of aromatic amines is 2. The Bertz CT molecular complexity index is 3840. The summed E-state index contributed by atoms with van der Waals surface area (Å²) in [6.07, 6.45) is 17.9. The van der Waals surface area contributed by atoms with Gasteiger partial charge in [-0.25, -0.2) is 19.9 Å². The topological polar surface area (TPSA) is 416 Å². The molecule has 10 N–H and O–H groups in total. The molecule has 2 aliphatic heterocycles. The summed E-state index contributed by atoms with van der Waals surface area (Å²) >= 11 is 0. The molecule has 0 radical (unpaired) electrons. The fourth-order valence-corrected chi connectivity index (χ4v) is 7.93. The third-order valence-electron chi connectivity index (χ3n) is 11.2. The van der Waals surface area contributed by atoms with E-state index in [1.54, 1.807) is 12.4 Å². The van der Waals surface area contributed by atoms with E-state index >= 15 is 0 Å². The highest BCUT2D eigenvalue weighted by Crippen LogP contribution is 2.30. The second-order valence-electron chi connectivity index (χ2n) is 18.1. The van der Waals surface area contributed by atoms with Crippen LogP contribution < -0.4 is 20.4 Å². The summed E-state index contributed by atoms with van der Waals surface area (Å²) in [6, 6.07) is 29.2. The van der Waals surface area contributed by atoms with Gasteiger partial charge in [0.1, 0.15) is 0 Å². The van der Waals surface area contributed by atoms with Crippen LogP contribution in [0.25, 0.3) is 55.6 Å². The van der Waals surface area contributed by atoms with Crippen LogP contribution in [0.5, 0.6) is 0 Å². The normalized spacial score (nSPS) is 13.5. The molecule has 0 aliphatic carbocycles. The number of anilines is 6. The Morgan fingerprint density at radius 2 is 0.819 bits per heavy atom. The van der Waals surface area contributed by atoms with E-state index in [-0.39, 0.29) is 5.48 Å². The van der Waals surface area contributed by atoms with Crippen LogP contribution in [0.4, 0.5) is 34.4 Å². The van der Waals surface area contributed by atoms with Gasteiger partial charge in [-0.1, -0.05) is 24.3 Å². The average Bonchev–Trinajstić information content (AvgIpc) is 4.48. The highest BCUT2D eigenvalue weighted by molar-refractivity contribution is 7.85. The molecule has 0 spiro atoms. The van der Waals surface area contributed by atoms with E-state index in [1.807, 2.05) is 58.1 Å². The van der Waals surface area contributed by atoms with Crippen molar-refractivity contribution in [2.75, 3.05) is 98.1 Å². The standard InChI is InChI=1S/2C23H21N7O.4CH4O3S.H2O/c2*1-2-17-14-25-28-20(17)13-16(1)21-15-30-8-7-24-23(30)22(27-21)26-18-3-5-19(6-4-18)29-9-11-31-12-10-29;4*1-5(2,3)4;/h2*1-8,13-15H,9-12H2,(H,25,28)(H,26,27);4*1H3,(H,2,3,4);1H2. The van der Waals surface area contributed by atoms with E-state index in [2.05, 4.69) is 124 Å². The van der Waals surface area contributed by atoms with Gasteiger partial charge in [0.15, 0.2) is 22.9 Å². The number of aromatic nitrogens is 10. The molecule has 10 aromatic rings. The van der Waals surface area contributed by atoms with Gasteiger partial charge >= 0.3 is 0 Å². The van der Waals surface area contributed by atoms with Gasteiger partial charge < -0.3 is 44.2 Å². The quantitative estimate of drug-likeness (QED) is 0.0938. The lowest BCUT2D eigenvalue weighted by Crippen LogP contribution is -2.36. The van der Waals surface area contributed by atoms with Crippen LogP contribution in [-0.4, -0.2) is 184 Å². The number of H-pyrrole nitrogens is 2. The smallest absolute Gasteiger partial charge is 0.261 e. The molecule has 12 rings (SSSR count). The van der Waals surface area contributed by atoms with E-state index in [1.165, 1.54) is 11.4 Å². The number of hydrogen-bond donors (Lipinski definition) is 8. The SMILES string of the molecule is CS(=O)(=O)O.CS(=O)(=O)O.CS(=O)(=O)O.CS(=O)(=O)O.O.c1cn2cc(-c3ccc4cn[nH]c4c3)nc(Nc3ccc(N4CCOCC4)cc3)c2n1.c1cn2cc(-c3ccc4cn[nH]c4c3)nc(Nc3ccc(N4CCOCC4)cc3)c2n1. The second-order valence-corrected chi connectivity index (χ2v) is 23.9. The molecule has 444 valence electrons. The molecule has 8 heterocycles. The molecular formula is C50H60N14O15S4. The largest absolute Gasteiger partial charge is 0.412 e. The van der Waals surface area contributed by atoms with Crippen molar-refractivity contribution in [1.82, 2.24) is 49.1 Å². The van der Waals surface area contributed by atoms with Crippen molar-refractivity contribution in [3.63, 3.8) is 0 Å². The lowest BCUT2D eigenvalue weighted by Gasteiger charge is -2.28. The number of rotatable bonds is 8. The minimum absolute atomic E-state index is 0. The molecule has 2 saturated heterocycles. The average molecular weight is 1230 g/mol. The first-order chi connectivity index (χ1) is 38.7. The fourth-order valence-electron chi connectivity index (χ4n) is 7.93. The Morgan fingerprint density at radius 3 is 1.14 bits per heavy atom. The molecule has 4 aromatic carbocycles. The number of hydrogen-bond acceptors (Lipinski definition) is 20. The molecule has 33 heteroatoms. The summed E-state index contributed by atoms with van der Waals surface area (Å²) in [5, 5.41) is 23.3. The van der Waals surface area contributed by atoms with Crippen molar-refractivity contribution in [3.05, 3.63) is 135 Å². The van der Waals surface area contributed by atoms with Gasteiger partial charge in [0.05, 0.1) is 86.3 Å². The monoisotopic (exact) mass is 1220 g/mol. The Morgan fingerprint density at radius 1 is 0.494 bits per heavy atom. The second kappa shape index (κ2) is 28.2. The van der Waals surface area contributed by atoms with Crippen LogP contribution in [0.2, 0.25) is 0 Å². The van der Waals surface area contributed by atoms with Gasteiger partial charge in [-0.15, -0.1) is 0 Å². The molecule has 2 fully saturated rings. The Balaban J connectivity index is 0.000000200. The molecule has 0 unspecified atom stereocenters. The number of imidazole rings is 2. The molecule has 83 heavy (non-hydrogen) atoms. The summed E-state index contributed by atoms with van der Waals surface area (Å²) in [5.74, 6) is 1.43. The van der Waals surface area contributed by atoms with Crippen molar-refractivity contribution >= 4 is 108 Å². The summed E-state index contributed by atoms with van der Waals surface area (Å²) in [6.45, 7) is 6.80. The molecule has 0 saturated carbocycles. The molecular weight excluding hydrogens is 1160 g/mol. The lowest BCUT2D eigenvalue weighted by atomic mass is 10.1. The minimum atomic E-state index is -3.67. The number of nitrogens with one attached hydrogen (secondary N) is 4. The van der Waals surface area contributed by atoms with Gasteiger partial charge in [-0.3, -0.25) is 28.4 Å². The first-order valence-corrected chi connectivity index (χ1v) is 31.7. The van der Waals surface area contributed by atoms with Crippen LogP contribution in [0.3, 0.4) is 0 Å². The summed E-state index contributed by atoms with van der Waals surface area (Å²) in [4.78, 5) is 23.4. The van der Waals surface area contributed by atoms with Crippen LogP contribution in [0.15, 0.2) is 135 Å². The zero-order chi connectivity index (χ0) is 59.2. The first kappa shape index (κ1) is 64.0. The van der Waals surface area contributed by atoms with Crippen LogP contribution in [-0.2, 0) is 49.9 Å². The van der Waals surface area contributed by atoms with Gasteiger partial charge in [0.2, 0.25) is 0 Å². The molecule has 0 amide bonds. The molecule has 29 nitrogen and oxygen atoms in total. The predicted molar refractivity (Wildman–Crippen MR) is 315 cm³/mol. The summed E-state index contributed by atoms with van der Waals surface area (Å²) < 4.78 is 118. The van der Waals surface area contributed by atoms with E-state index in [0.29, 0.717) is 36.7 Å². The zero-order valence-corrected chi connectivity index (χ0v) is 48.1. The molecule has 6 aromatic heterocycles. The number of benzene rings is 4. The van der Waals surface area contributed by atoms with Crippen molar-refractivity contribution in [2.24, 2.45) is 0 Å². The maximum atomic E-state index is 9.19. The Hall–Kier alpha value is -8.22. The van der Waals surface area contributed by atoms with Crippen molar-refractivity contribution < 1.29 is 66.8 Å². The Labute approximate surface area is 476 Å². The van der Waals surface area contributed by atoms with Gasteiger partial charge in [-0.2, -0.15) is 43.9 Å². The molecule has 2 aliphatic rings. The highest BCUT2D eigenvalue weighted by atomic mass is 32.2. The third kappa shape index (κ3) is 21.2. The van der Waals surface area contributed by atoms with E-state index in [0.717, 1.165) is 120 Å². The van der Waals surface area contributed by atoms with Crippen molar-refractivity contribution in [3.8, 4) is 22.5 Å². The van der Waals surface area contributed by atoms with Crippen LogP contribution in [0.1, 0.15) is 0 Å². The number of ether oxygens (including phenoxy) is 2. The van der Waals surface area contributed by atoms with Gasteiger partial charge in [0.25, 0.3) is 40.5 Å². The number of morpholine rings is 2. The number of nitrogens with zero attached hydrogens (tertiary/aromatic N) is 10.